The summed E-state index contributed by atoms with van der Waals surface area (Å²) in [6, 6.07) is 0.0314. The van der Waals surface area contributed by atoms with E-state index in [1.54, 1.807) is 0 Å². The molecule has 96 heavy (non-hydrogen) atoms. The molecule has 2 fully saturated rings. The minimum absolute atomic E-state index is 0. The standard InChI is InChI=1S/C15H17F5O4.C15H18F4O4.C13H21NO9S.C13H21NO6.4CH4.CH3/c1-2-3-5-22-7-8-23-6-4-9(21)24-15-13(19)11(17)10(16)12(18)14(15)20;1-2-3-5-21-7-8-22-6-4-12(20)23-15-13(18)10(16)9-11(17)14(15)19;1-2-3-5-21-7-8-22-6-4-12(16)23-14-11(15)9-10(13(14)17)24(18,19)20;1-2-3-7-18-9-10-19-8-6-13(17)20-14-11(15)4-5-12(14)16;;;;;/h2-8H2,1H3;9H,2-8H2,1H3;10H,2-9H2,1H3,(H,18,19,20);2-10H2,1H3;4*1H4;1H3/q;;;;;;;;+1/p-1. The van der Waals surface area contributed by atoms with Gasteiger partial charge in [0.15, 0.2) is 11.6 Å². The molecule has 35 heteroatoms. The molecule has 2 aliphatic rings. The molecule has 0 aliphatic carbocycles. The van der Waals surface area contributed by atoms with E-state index in [1.807, 2.05) is 20.8 Å². The van der Waals surface area contributed by atoms with Gasteiger partial charge in [-0.05, 0) is 25.7 Å². The van der Waals surface area contributed by atoms with E-state index >= 15 is 0 Å². The Morgan fingerprint density at radius 3 is 0.979 bits per heavy atom. The van der Waals surface area contributed by atoms with Gasteiger partial charge in [0.05, 0.1) is 111 Å². The number of benzene rings is 2. The molecular weight excluding hydrogens is 1330 g/mol. The molecule has 0 spiro atoms. The number of halogens is 9. The van der Waals surface area contributed by atoms with Gasteiger partial charge < -0.3 is 61.6 Å². The van der Waals surface area contributed by atoms with Gasteiger partial charge in [0.25, 0.3) is 23.6 Å². The fourth-order valence-corrected chi connectivity index (χ4v) is 7.09. The molecule has 556 valence electrons. The van der Waals surface area contributed by atoms with E-state index in [0.29, 0.717) is 64.5 Å². The van der Waals surface area contributed by atoms with Gasteiger partial charge in [0.1, 0.15) is 15.4 Å². The summed E-state index contributed by atoms with van der Waals surface area (Å²) in [6.45, 7) is 13.3. The quantitative estimate of drug-likeness (QED) is 0.00687. The molecule has 1 atom stereocenters. The summed E-state index contributed by atoms with van der Waals surface area (Å²) in [7, 11) is -4.98. The molecule has 2 aromatic rings. The molecular formula is C61H95F9N2O23S. The van der Waals surface area contributed by atoms with Crippen LogP contribution in [0.25, 0.3) is 0 Å². The molecule has 4 amide bonds. The lowest BCUT2D eigenvalue weighted by Gasteiger charge is -2.15. The molecule has 0 radical (unpaired) electrons. The van der Waals surface area contributed by atoms with Gasteiger partial charge in [-0.3, -0.25) is 28.8 Å². The van der Waals surface area contributed by atoms with E-state index in [1.165, 1.54) is 0 Å². The van der Waals surface area contributed by atoms with Crippen molar-refractivity contribution in [3.8, 4) is 11.5 Å². The van der Waals surface area contributed by atoms with Crippen LogP contribution >= 0.6 is 0 Å². The van der Waals surface area contributed by atoms with Gasteiger partial charge in [-0.1, -0.05) is 83.1 Å². The van der Waals surface area contributed by atoms with Crippen molar-refractivity contribution in [2.45, 2.75) is 159 Å². The van der Waals surface area contributed by atoms with Gasteiger partial charge >= 0.3 is 23.9 Å². The second-order valence-electron chi connectivity index (χ2n) is 18.7. The zero-order valence-corrected chi connectivity index (χ0v) is 52.5. The second kappa shape index (κ2) is 56.4. The predicted molar refractivity (Wildman–Crippen MR) is 325 cm³/mol. The lowest BCUT2D eigenvalue weighted by atomic mass is 10.2. The summed E-state index contributed by atoms with van der Waals surface area (Å²) in [6.07, 6.45) is 6.28. The maximum atomic E-state index is 13.3. The Kier molecular flexibility index (Phi) is 57.7. The lowest BCUT2D eigenvalue weighted by Crippen LogP contribution is -2.36. The van der Waals surface area contributed by atoms with Crippen molar-refractivity contribution < 1.29 is 148 Å². The molecule has 0 saturated carbocycles. The Hall–Kier alpha value is -6.57. The maximum absolute atomic E-state index is 13.3. The van der Waals surface area contributed by atoms with E-state index in [2.05, 4.69) is 26.1 Å². The van der Waals surface area contributed by atoms with Crippen molar-refractivity contribution in [2.24, 2.45) is 0 Å². The summed E-state index contributed by atoms with van der Waals surface area (Å²) in [4.78, 5) is 100. The first-order chi connectivity index (χ1) is 43.3. The monoisotopic (exact) mass is 1430 g/mol. The zero-order chi connectivity index (χ0) is 68.3. The Morgan fingerprint density at radius 2 is 0.688 bits per heavy atom. The highest BCUT2D eigenvalue weighted by atomic mass is 32.2. The second-order valence-corrected chi connectivity index (χ2v) is 20.2. The van der Waals surface area contributed by atoms with Crippen LogP contribution in [0.2, 0.25) is 0 Å². The van der Waals surface area contributed by atoms with Crippen LogP contribution in [0.3, 0.4) is 0 Å². The average Bonchev–Trinajstić information content (AvgIpc) is 1.39. The summed E-state index contributed by atoms with van der Waals surface area (Å²) in [5.41, 5.74) is 0. The molecule has 0 bridgehead atoms. The summed E-state index contributed by atoms with van der Waals surface area (Å²) in [5.74, 6) is -28.2. The number of unbranched alkanes of at least 4 members (excludes halogenated alkanes) is 4. The average molecular weight is 1430 g/mol. The Morgan fingerprint density at radius 1 is 0.417 bits per heavy atom. The van der Waals surface area contributed by atoms with Crippen LogP contribution in [0.4, 0.5) is 39.5 Å². The number of hydrogen-bond acceptors (Lipinski definition) is 23. The Balaban J connectivity index is -0.000000378. The van der Waals surface area contributed by atoms with Crippen LogP contribution in [0, 0.1) is 59.8 Å². The minimum atomic E-state index is -4.98. The van der Waals surface area contributed by atoms with Crippen molar-refractivity contribution in [1.29, 1.82) is 0 Å². The molecule has 2 aliphatic heterocycles. The normalized spacial score (nSPS) is 13.0. The molecule has 2 saturated heterocycles. The molecule has 25 nitrogen and oxygen atoms in total. The fraction of sp³-hybridized carbons (Fsp3) is 0.656. The molecule has 2 heterocycles. The molecule has 1 unspecified atom stereocenters. The van der Waals surface area contributed by atoms with Crippen LogP contribution in [0.1, 0.15) is 154 Å². The van der Waals surface area contributed by atoms with Crippen LogP contribution < -0.4 is 9.47 Å². The number of carbonyl (C=O) groups excluding carboxylic acids is 8. The number of amides is 4. The van der Waals surface area contributed by atoms with Crippen molar-refractivity contribution >= 4 is 57.6 Å². The number of imide groups is 2. The molecule has 4 rings (SSSR count). The van der Waals surface area contributed by atoms with Crippen molar-refractivity contribution in [3.63, 3.8) is 0 Å². The summed E-state index contributed by atoms with van der Waals surface area (Å²) in [5, 5.41) is -1.48. The predicted octanol–water partition coefficient (Wildman–Crippen LogP) is 10.0. The van der Waals surface area contributed by atoms with Crippen LogP contribution in [-0.4, -0.2) is 182 Å². The highest BCUT2D eigenvalue weighted by Gasteiger charge is 2.45. The topological polar surface area (TPSA) is 311 Å². The number of carbonyl (C=O) groups is 8. The number of ether oxygens (including phenoxy) is 10. The molecule has 0 N–H and O–H groups in total. The SMILES string of the molecule is C.C.C.C.CCCCOCCOCCC(=O)ON1C(=O)CC(S(=O)(=O)[O-])C1=O.CCCCOCCOCCC(=O)ON1C(=O)CCC1=O.CCCCOCCOCCC(=O)Oc1c(F)c(F)c(F)c(F)c1F.CCCCOCCOCCC(=O)Oc1c(F)c(F)cc(F)c1F.[CH3+]. The fourth-order valence-electron chi connectivity index (χ4n) is 6.40. The first kappa shape index (κ1) is 98.1. The zero-order valence-electron chi connectivity index (χ0n) is 51.7. The van der Waals surface area contributed by atoms with Gasteiger partial charge in [-0.15, -0.1) is 10.1 Å². The highest BCUT2D eigenvalue weighted by Crippen LogP contribution is 2.30. The number of hydrogen-bond donors (Lipinski definition) is 0. The third-order valence-electron chi connectivity index (χ3n) is 11.3. The van der Waals surface area contributed by atoms with E-state index in [-0.39, 0.29) is 127 Å². The number of nitrogens with zero attached hydrogens (tertiary/aromatic N) is 2. The van der Waals surface area contributed by atoms with E-state index in [9.17, 15) is 90.8 Å². The first-order valence-corrected chi connectivity index (χ1v) is 30.2. The summed E-state index contributed by atoms with van der Waals surface area (Å²) >= 11 is 0. The highest BCUT2D eigenvalue weighted by molar-refractivity contribution is 7.87. The van der Waals surface area contributed by atoms with E-state index < -0.39 is 140 Å². The third-order valence-corrected chi connectivity index (χ3v) is 12.4. The number of esters is 2. The van der Waals surface area contributed by atoms with Gasteiger partial charge in [-0.2, -0.15) is 17.6 Å². The minimum Gasteiger partial charge on any atom is -0.747 e. The van der Waals surface area contributed by atoms with Crippen LogP contribution in [0.5, 0.6) is 11.5 Å². The molecule has 0 aromatic heterocycles. The number of rotatable bonds is 41. The summed E-state index contributed by atoms with van der Waals surface area (Å²) < 4.78 is 200. The van der Waals surface area contributed by atoms with Gasteiger partial charge in [0.2, 0.25) is 52.2 Å². The van der Waals surface area contributed by atoms with Crippen LogP contribution in [0.15, 0.2) is 6.07 Å². The van der Waals surface area contributed by atoms with Gasteiger partial charge in [-0.25, -0.2) is 40.0 Å². The first-order valence-electron chi connectivity index (χ1n) is 28.8. The lowest BCUT2D eigenvalue weighted by molar-refractivity contribution is -0.198. The Bertz CT molecular complexity index is 2650. The smallest absolute Gasteiger partial charge is 0.335 e. The van der Waals surface area contributed by atoms with Crippen molar-refractivity contribution in [3.05, 3.63) is 65.8 Å². The van der Waals surface area contributed by atoms with Crippen molar-refractivity contribution in [2.75, 3.05) is 106 Å². The van der Waals surface area contributed by atoms with Gasteiger partial charge in [0, 0.05) is 52.8 Å². The van der Waals surface area contributed by atoms with Crippen LogP contribution in [-0.2, 0) is 96.0 Å². The Labute approximate surface area is 556 Å². The largest absolute Gasteiger partial charge is 0.747 e. The van der Waals surface area contributed by atoms with Crippen molar-refractivity contribution in [1.82, 2.24) is 10.1 Å². The van der Waals surface area contributed by atoms with E-state index in [4.69, 9.17) is 37.9 Å². The van der Waals surface area contributed by atoms with E-state index in [0.717, 1.165) is 51.4 Å². The third kappa shape index (κ3) is 39.6. The maximum Gasteiger partial charge on any atom is 0.335 e. The molecule has 2 aromatic carbocycles. The number of hydroxylamine groups is 4.